The highest BCUT2D eigenvalue weighted by Crippen LogP contribution is 2.29. The summed E-state index contributed by atoms with van der Waals surface area (Å²) >= 11 is 3.40. The van der Waals surface area contributed by atoms with E-state index >= 15 is 0 Å². The molecule has 0 atom stereocenters. The highest BCUT2D eigenvalue weighted by molar-refractivity contribution is 9.10. The second-order valence-corrected chi connectivity index (χ2v) is 3.01. The Morgan fingerprint density at radius 1 is 1.25 bits per heavy atom. The fraction of sp³-hybridized carbons (Fsp3) is 0.143. The topological polar surface area (TPSA) is 0 Å². The Labute approximate surface area is 56.7 Å². The molecule has 1 aromatic carbocycles. The maximum Gasteiger partial charge on any atom is 0.0178 e. The van der Waals surface area contributed by atoms with Crippen LogP contribution in [-0.2, 0) is 6.42 Å². The van der Waals surface area contributed by atoms with E-state index in [4.69, 9.17) is 0 Å². The molecule has 0 aliphatic heterocycles. The summed E-state index contributed by atoms with van der Waals surface area (Å²) < 4.78 is 1.20. The van der Waals surface area contributed by atoms with Crippen LogP contribution in [0.5, 0.6) is 0 Å². The minimum absolute atomic E-state index is 1.20. The van der Waals surface area contributed by atoms with E-state index in [1.54, 1.807) is 0 Å². The Hall–Kier alpha value is -0.300. The average molecular weight is 169 g/mol. The zero-order valence-electron chi connectivity index (χ0n) is 4.32. The third-order valence-corrected chi connectivity index (χ3v) is 1.92. The third kappa shape index (κ3) is 0.583. The molecule has 2 rings (SSSR count). The molecule has 0 saturated heterocycles. The molecule has 0 amide bonds. The second kappa shape index (κ2) is 1.35. The molecule has 0 heterocycles. The van der Waals surface area contributed by atoms with Gasteiger partial charge in [-0.1, -0.05) is 22.0 Å². The minimum atomic E-state index is 1.20. The van der Waals surface area contributed by atoms with Gasteiger partial charge in [-0.3, -0.25) is 0 Å². The molecule has 0 nitrogen and oxygen atoms in total. The lowest BCUT2D eigenvalue weighted by molar-refractivity contribution is 1.60. The van der Waals surface area contributed by atoms with Crippen LogP contribution >= 0.6 is 15.9 Å². The van der Waals surface area contributed by atoms with Gasteiger partial charge in [0.25, 0.3) is 0 Å². The number of benzene rings is 1. The summed E-state index contributed by atoms with van der Waals surface area (Å²) in [5.74, 6) is 0. The lowest BCUT2D eigenvalue weighted by Crippen LogP contribution is -1.56. The maximum absolute atomic E-state index is 3.40. The summed E-state index contributed by atoms with van der Waals surface area (Å²) in [5, 5.41) is 0. The van der Waals surface area contributed by atoms with Crippen molar-refractivity contribution in [1.29, 1.82) is 0 Å². The van der Waals surface area contributed by atoms with Gasteiger partial charge in [-0.15, -0.1) is 0 Å². The number of hydrogen-bond donors (Lipinski definition) is 0. The molecule has 1 aliphatic carbocycles. The zero-order valence-corrected chi connectivity index (χ0v) is 5.90. The zero-order chi connectivity index (χ0) is 5.56. The standard InChI is InChI=1S/C7H5Br/c8-7-2-1-5-3-6(5)4-7/h1-2,4H,3H2. The largest absolute Gasteiger partial charge is 0.0573 e. The third-order valence-electron chi connectivity index (χ3n) is 1.42. The predicted octanol–water partition coefficient (Wildman–Crippen LogP) is 2.35. The highest BCUT2D eigenvalue weighted by atomic mass is 79.9. The lowest BCUT2D eigenvalue weighted by Gasteiger charge is -1.80. The van der Waals surface area contributed by atoms with Gasteiger partial charge in [0.15, 0.2) is 0 Å². The Morgan fingerprint density at radius 3 is 2.75 bits per heavy atom. The van der Waals surface area contributed by atoms with Gasteiger partial charge in [-0.2, -0.15) is 0 Å². The Balaban J connectivity index is 2.64. The van der Waals surface area contributed by atoms with Crippen molar-refractivity contribution < 1.29 is 0 Å². The Morgan fingerprint density at radius 2 is 2.12 bits per heavy atom. The summed E-state index contributed by atoms with van der Waals surface area (Å²) in [7, 11) is 0. The van der Waals surface area contributed by atoms with E-state index in [1.165, 1.54) is 22.0 Å². The first-order valence-corrected chi connectivity index (χ1v) is 3.43. The fourth-order valence-electron chi connectivity index (χ4n) is 0.865. The summed E-state index contributed by atoms with van der Waals surface area (Å²) in [6.07, 6.45) is 1.21. The molecule has 0 spiro atoms. The summed E-state index contributed by atoms with van der Waals surface area (Å²) in [6.45, 7) is 0. The van der Waals surface area contributed by atoms with Crippen LogP contribution in [0.3, 0.4) is 0 Å². The molecule has 0 saturated carbocycles. The van der Waals surface area contributed by atoms with Crippen LogP contribution in [0.4, 0.5) is 0 Å². The monoisotopic (exact) mass is 168 g/mol. The average Bonchev–Trinajstić information content (AvgIpc) is 2.43. The van der Waals surface area contributed by atoms with E-state index in [9.17, 15) is 0 Å². The maximum atomic E-state index is 3.40. The predicted molar refractivity (Wildman–Crippen MR) is 36.9 cm³/mol. The van der Waals surface area contributed by atoms with Crippen LogP contribution in [0.25, 0.3) is 0 Å². The molecule has 1 aromatic rings. The van der Waals surface area contributed by atoms with Crippen LogP contribution in [0, 0.1) is 0 Å². The normalized spacial score (nSPS) is 13.1. The second-order valence-electron chi connectivity index (χ2n) is 2.09. The van der Waals surface area contributed by atoms with Crippen molar-refractivity contribution in [2.24, 2.45) is 0 Å². The minimum Gasteiger partial charge on any atom is -0.0573 e. The summed E-state index contributed by atoms with van der Waals surface area (Å²) in [6, 6.07) is 6.43. The quantitative estimate of drug-likeness (QED) is 0.567. The van der Waals surface area contributed by atoms with Crippen LogP contribution in [0.1, 0.15) is 11.1 Å². The first-order valence-electron chi connectivity index (χ1n) is 2.63. The van der Waals surface area contributed by atoms with Gasteiger partial charge in [-0.05, 0) is 29.7 Å². The van der Waals surface area contributed by atoms with Gasteiger partial charge in [0.1, 0.15) is 0 Å². The van der Waals surface area contributed by atoms with Gasteiger partial charge in [0.05, 0.1) is 0 Å². The number of hydrogen-bond acceptors (Lipinski definition) is 0. The number of halogens is 1. The summed E-state index contributed by atoms with van der Waals surface area (Å²) in [5.41, 5.74) is 3.01. The van der Waals surface area contributed by atoms with Crippen molar-refractivity contribution in [3.8, 4) is 0 Å². The van der Waals surface area contributed by atoms with E-state index in [-0.39, 0.29) is 0 Å². The molecule has 1 aliphatic rings. The van der Waals surface area contributed by atoms with Gasteiger partial charge in [0.2, 0.25) is 0 Å². The fourth-order valence-corrected chi connectivity index (χ4v) is 1.27. The molecular weight excluding hydrogens is 164 g/mol. The SMILES string of the molecule is Brc1ccc2c(c1)C2. The first-order chi connectivity index (χ1) is 3.86. The van der Waals surface area contributed by atoms with Crippen molar-refractivity contribution in [1.82, 2.24) is 0 Å². The van der Waals surface area contributed by atoms with Crippen molar-refractivity contribution in [2.45, 2.75) is 6.42 Å². The van der Waals surface area contributed by atoms with Gasteiger partial charge < -0.3 is 0 Å². The van der Waals surface area contributed by atoms with E-state index in [1.807, 2.05) is 0 Å². The molecule has 0 unspecified atom stereocenters. The Bertz CT molecular complexity index is 227. The lowest BCUT2D eigenvalue weighted by atomic mass is 10.4. The van der Waals surface area contributed by atoms with Crippen LogP contribution in [-0.4, -0.2) is 0 Å². The number of rotatable bonds is 0. The van der Waals surface area contributed by atoms with Crippen molar-refractivity contribution >= 4 is 15.9 Å². The van der Waals surface area contributed by atoms with E-state index in [2.05, 4.69) is 34.1 Å². The molecule has 40 valence electrons. The van der Waals surface area contributed by atoms with Gasteiger partial charge in [0, 0.05) is 4.47 Å². The molecule has 0 N–H and O–H groups in total. The van der Waals surface area contributed by atoms with E-state index in [0.29, 0.717) is 0 Å². The van der Waals surface area contributed by atoms with Crippen molar-refractivity contribution in [3.05, 3.63) is 33.8 Å². The van der Waals surface area contributed by atoms with Crippen LogP contribution in [0.2, 0.25) is 0 Å². The molecule has 0 fully saturated rings. The van der Waals surface area contributed by atoms with Crippen LogP contribution < -0.4 is 0 Å². The van der Waals surface area contributed by atoms with Crippen molar-refractivity contribution in [2.75, 3.05) is 0 Å². The van der Waals surface area contributed by atoms with Crippen molar-refractivity contribution in [3.63, 3.8) is 0 Å². The molecule has 0 radical (unpaired) electrons. The molecule has 0 aromatic heterocycles. The molecular formula is C7H5Br. The van der Waals surface area contributed by atoms with Gasteiger partial charge in [-0.25, -0.2) is 0 Å². The summed E-state index contributed by atoms with van der Waals surface area (Å²) in [4.78, 5) is 0. The first kappa shape index (κ1) is 4.57. The van der Waals surface area contributed by atoms with Crippen LogP contribution in [0.15, 0.2) is 22.7 Å². The Kier molecular flexibility index (Phi) is 0.770. The molecule has 8 heavy (non-hydrogen) atoms. The highest BCUT2D eigenvalue weighted by Gasteiger charge is 2.14. The molecule has 0 bridgehead atoms. The molecule has 1 heteroatoms. The number of fused-ring (bicyclic) bond motifs is 1. The smallest absolute Gasteiger partial charge is 0.0178 e. The van der Waals surface area contributed by atoms with E-state index in [0.717, 1.165) is 0 Å². The van der Waals surface area contributed by atoms with Gasteiger partial charge >= 0.3 is 0 Å². The van der Waals surface area contributed by atoms with E-state index < -0.39 is 0 Å².